The first kappa shape index (κ1) is 16.1. The summed E-state index contributed by atoms with van der Waals surface area (Å²) in [5.74, 6) is 1.21. The van der Waals surface area contributed by atoms with Gasteiger partial charge in [0, 0.05) is 26.5 Å². The Hall–Kier alpha value is -1.80. The first-order chi connectivity index (χ1) is 11.1. The Kier molecular flexibility index (Phi) is 4.72. The summed E-state index contributed by atoms with van der Waals surface area (Å²) >= 11 is 1.47. The molecular formula is C15H21N5O2S. The van der Waals surface area contributed by atoms with E-state index in [1.807, 2.05) is 0 Å². The highest BCUT2D eigenvalue weighted by atomic mass is 32.1. The maximum atomic E-state index is 12.9. The van der Waals surface area contributed by atoms with Crippen molar-refractivity contribution < 1.29 is 9.53 Å². The van der Waals surface area contributed by atoms with E-state index in [9.17, 15) is 4.79 Å². The predicted molar refractivity (Wildman–Crippen MR) is 86.2 cm³/mol. The minimum Gasteiger partial charge on any atom is -0.380 e. The van der Waals surface area contributed by atoms with Gasteiger partial charge in [-0.3, -0.25) is 9.89 Å². The van der Waals surface area contributed by atoms with Crippen LogP contribution in [-0.4, -0.2) is 50.7 Å². The average Bonchev–Trinajstić information content (AvgIpc) is 3.25. The molecular weight excluding hydrogens is 314 g/mol. The van der Waals surface area contributed by atoms with Gasteiger partial charge < -0.3 is 9.64 Å². The highest BCUT2D eigenvalue weighted by molar-refractivity contribution is 7.13. The van der Waals surface area contributed by atoms with Crippen molar-refractivity contribution in [3.05, 3.63) is 28.2 Å². The smallest absolute Gasteiger partial charge is 0.266 e. The second-order valence-electron chi connectivity index (χ2n) is 6.15. The number of carbonyl (C=O) groups is 1. The number of carbonyl (C=O) groups excluding carboxylic acids is 1. The molecule has 124 valence electrons. The van der Waals surface area contributed by atoms with Crippen molar-refractivity contribution in [2.75, 3.05) is 13.7 Å². The summed E-state index contributed by atoms with van der Waals surface area (Å²) in [4.78, 5) is 24.0. The van der Waals surface area contributed by atoms with Gasteiger partial charge in [0.15, 0.2) is 0 Å². The lowest BCUT2D eigenvalue weighted by molar-refractivity contribution is 0.0689. The lowest BCUT2D eigenvalue weighted by Crippen LogP contribution is -2.32. The zero-order valence-corrected chi connectivity index (χ0v) is 14.3. The number of H-pyrrole nitrogens is 1. The maximum Gasteiger partial charge on any atom is 0.266 e. The molecule has 2 aromatic rings. The van der Waals surface area contributed by atoms with E-state index in [0.717, 1.165) is 17.8 Å². The van der Waals surface area contributed by atoms with Gasteiger partial charge in [-0.1, -0.05) is 13.8 Å². The van der Waals surface area contributed by atoms with Crippen molar-refractivity contribution in [2.45, 2.75) is 38.8 Å². The van der Waals surface area contributed by atoms with E-state index in [0.29, 0.717) is 23.2 Å². The number of aromatic nitrogens is 4. The standard InChI is InChI=1S/C15H21N5O2S/c1-9(2)4-13-16-6-12(23-13)15(21)20-7-10(22-3)5-11(20)14-17-8-18-19-14/h6,8-11H,4-5,7H2,1-3H3,(H,17,18,19)/t10-,11+/m1/s1. The van der Waals surface area contributed by atoms with Gasteiger partial charge in [-0.15, -0.1) is 11.3 Å². The van der Waals surface area contributed by atoms with Gasteiger partial charge in [0.05, 0.1) is 23.4 Å². The predicted octanol–water partition coefficient (Wildman–Crippen LogP) is 2.06. The minimum absolute atomic E-state index is 0.0112. The van der Waals surface area contributed by atoms with Crippen molar-refractivity contribution in [1.82, 2.24) is 25.1 Å². The molecule has 2 aromatic heterocycles. The van der Waals surface area contributed by atoms with Crippen molar-refractivity contribution in [2.24, 2.45) is 5.92 Å². The highest BCUT2D eigenvalue weighted by Crippen LogP contribution is 2.33. The summed E-state index contributed by atoms with van der Waals surface area (Å²) in [5.41, 5.74) is 0. The van der Waals surface area contributed by atoms with E-state index in [4.69, 9.17) is 4.74 Å². The molecule has 1 aliphatic rings. The van der Waals surface area contributed by atoms with Crippen LogP contribution in [0.1, 0.15) is 46.8 Å². The van der Waals surface area contributed by atoms with E-state index in [1.54, 1.807) is 18.2 Å². The van der Waals surface area contributed by atoms with Crippen LogP contribution < -0.4 is 0 Å². The number of hydrogen-bond acceptors (Lipinski definition) is 6. The number of aromatic amines is 1. The second-order valence-corrected chi connectivity index (χ2v) is 7.27. The van der Waals surface area contributed by atoms with Crippen LogP contribution in [0.25, 0.3) is 0 Å². The van der Waals surface area contributed by atoms with E-state index in [1.165, 1.54) is 17.7 Å². The third-order valence-electron chi connectivity index (χ3n) is 3.95. The topological polar surface area (TPSA) is 84.0 Å². The fraction of sp³-hybridized carbons (Fsp3) is 0.600. The molecule has 0 aliphatic carbocycles. The van der Waals surface area contributed by atoms with Gasteiger partial charge in [-0.2, -0.15) is 5.10 Å². The molecule has 0 saturated carbocycles. The second kappa shape index (κ2) is 6.76. The molecule has 1 aliphatic heterocycles. The van der Waals surface area contributed by atoms with E-state index in [2.05, 4.69) is 34.0 Å². The molecule has 2 atom stereocenters. The number of nitrogens with one attached hydrogen (secondary N) is 1. The third kappa shape index (κ3) is 3.42. The van der Waals surface area contributed by atoms with Crippen LogP contribution >= 0.6 is 11.3 Å². The summed E-state index contributed by atoms with van der Waals surface area (Å²) < 4.78 is 5.45. The van der Waals surface area contributed by atoms with Crippen LogP contribution in [-0.2, 0) is 11.2 Å². The molecule has 0 spiro atoms. The lowest BCUT2D eigenvalue weighted by Gasteiger charge is -2.21. The number of rotatable bonds is 5. The molecule has 3 rings (SSSR count). The zero-order valence-electron chi connectivity index (χ0n) is 13.5. The first-order valence-corrected chi connectivity index (χ1v) is 8.53. The van der Waals surface area contributed by atoms with Gasteiger partial charge in [-0.05, 0) is 5.92 Å². The minimum atomic E-state index is -0.134. The van der Waals surface area contributed by atoms with Crippen molar-refractivity contribution in [3.8, 4) is 0 Å². The molecule has 1 N–H and O–H groups in total. The molecule has 7 nitrogen and oxygen atoms in total. The Bertz CT molecular complexity index is 655. The Morgan fingerprint density at radius 2 is 2.35 bits per heavy atom. The fourth-order valence-electron chi connectivity index (χ4n) is 2.82. The van der Waals surface area contributed by atoms with Gasteiger partial charge in [-0.25, -0.2) is 9.97 Å². The summed E-state index contributed by atoms with van der Waals surface area (Å²) in [6, 6.07) is -0.134. The summed E-state index contributed by atoms with van der Waals surface area (Å²) in [6.45, 7) is 4.84. The van der Waals surface area contributed by atoms with Gasteiger partial charge in [0.1, 0.15) is 17.0 Å². The van der Waals surface area contributed by atoms with Crippen LogP contribution in [0.15, 0.2) is 12.5 Å². The fourth-order valence-corrected chi connectivity index (χ4v) is 3.91. The molecule has 0 unspecified atom stereocenters. The normalized spacial score (nSPS) is 21.3. The summed E-state index contributed by atoms with van der Waals surface area (Å²) in [6.07, 6.45) is 4.77. The molecule has 1 saturated heterocycles. The van der Waals surface area contributed by atoms with Crippen LogP contribution in [0.3, 0.4) is 0 Å². The Balaban J connectivity index is 1.80. The molecule has 0 bridgehead atoms. The van der Waals surface area contributed by atoms with Crippen LogP contribution in [0.4, 0.5) is 0 Å². The van der Waals surface area contributed by atoms with E-state index in [-0.39, 0.29) is 18.1 Å². The Morgan fingerprint density at radius 3 is 3.00 bits per heavy atom. The van der Waals surface area contributed by atoms with E-state index >= 15 is 0 Å². The Labute approximate surface area is 139 Å². The van der Waals surface area contributed by atoms with Crippen molar-refractivity contribution >= 4 is 17.2 Å². The zero-order chi connectivity index (χ0) is 16.4. The number of amides is 1. The number of thiazole rings is 1. The average molecular weight is 335 g/mol. The summed E-state index contributed by atoms with van der Waals surface area (Å²) in [7, 11) is 1.67. The summed E-state index contributed by atoms with van der Waals surface area (Å²) in [5, 5.41) is 7.77. The molecule has 23 heavy (non-hydrogen) atoms. The number of hydrogen-bond donors (Lipinski definition) is 1. The van der Waals surface area contributed by atoms with Crippen LogP contribution in [0, 0.1) is 5.92 Å². The van der Waals surface area contributed by atoms with Crippen LogP contribution in [0.2, 0.25) is 0 Å². The van der Waals surface area contributed by atoms with Gasteiger partial charge in [0.25, 0.3) is 5.91 Å². The largest absolute Gasteiger partial charge is 0.380 e. The molecule has 0 radical (unpaired) electrons. The van der Waals surface area contributed by atoms with Crippen molar-refractivity contribution in [3.63, 3.8) is 0 Å². The van der Waals surface area contributed by atoms with Gasteiger partial charge in [0.2, 0.25) is 0 Å². The molecule has 0 aromatic carbocycles. The number of methoxy groups -OCH3 is 1. The first-order valence-electron chi connectivity index (χ1n) is 7.72. The third-order valence-corrected chi connectivity index (χ3v) is 4.96. The number of likely N-dealkylation sites (tertiary alicyclic amines) is 1. The van der Waals surface area contributed by atoms with E-state index < -0.39 is 0 Å². The SMILES string of the molecule is CO[C@@H]1C[C@@H](c2ncn[nH]2)N(C(=O)c2cnc(CC(C)C)s2)C1. The van der Waals surface area contributed by atoms with Gasteiger partial charge >= 0.3 is 0 Å². The number of nitrogens with zero attached hydrogens (tertiary/aromatic N) is 4. The monoisotopic (exact) mass is 335 g/mol. The lowest BCUT2D eigenvalue weighted by atomic mass is 10.1. The van der Waals surface area contributed by atoms with Crippen molar-refractivity contribution in [1.29, 1.82) is 0 Å². The number of ether oxygens (including phenoxy) is 1. The quantitative estimate of drug-likeness (QED) is 0.904. The maximum absolute atomic E-state index is 12.9. The Morgan fingerprint density at radius 1 is 1.52 bits per heavy atom. The van der Waals surface area contributed by atoms with Crippen LogP contribution in [0.5, 0.6) is 0 Å². The molecule has 1 fully saturated rings. The molecule has 8 heteroatoms. The molecule has 1 amide bonds. The highest BCUT2D eigenvalue weighted by Gasteiger charge is 2.38. The molecule has 3 heterocycles.